The standard InChI is InChI=1S/C8H10N2O2/c1-12-7-3-2-6(8(9)11)4-5-10-7/h2,4-5H,3H2,1H3,(H2,9,11). The van der Waals surface area contributed by atoms with E-state index >= 15 is 0 Å². The van der Waals surface area contributed by atoms with Crippen molar-refractivity contribution in [3.05, 3.63) is 23.9 Å². The van der Waals surface area contributed by atoms with Gasteiger partial charge in [-0.3, -0.25) is 4.79 Å². The maximum absolute atomic E-state index is 10.7. The lowest BCUT2D eigenvalue weighted by molar-refractivity contribution is -0.114. The number of nitrogens with zero attached hydrogens (tertiary/aromatic N) is 1. The van der Waals surface area contributed by atoms with E-state index in [1.165, 1.54) is 13.3 Å². The minimum atomic E-state index is -0.446. The van der Waals surface area contributed by atoms with Crippen molar-refractivity contribution in [2.75, 3.05) is 7.11 Å². The zero-order valence-corrected chi connectivity index (χ0v) is 6.78. The van der Waals surface area contributed by atoms with Gasteiger partial charge in [-0.2, -0.15) is 0 Å². The van der Waals surface area contributed by atoms with Gasteiger partial charge in [-0.25, -0.2) is 4.99 Å². The van der Waals surface area contributed by atoms with E-state index in [2.05, 4.69) is 4.99 Å². The highest BCUT2D eigenvalue weighted by Crippen LogP contribution is 2.05. The van der Waals surface area contributed by atoms with Crippen molar-refractivity contribution in [1.82, 2.24) is 0 Å². The van der Waals surface area contributed by atoms with Crippen LogP contribution in [0.15, 0.2) is 28.9 Å². The summed E-state index contributed by atoms with van der Waals surface area (Å²) in [4.78, 5) is 14.6. The van der Waals surface area contributed by atoms with E-state index in [0.717, 1.165) is 0 Å². The van der Waals surface area contributed by atoms with Crippen LogP contribution >= 0.6 is 0 Å². The van der Waals surface area contributed by atoms with Gasteiger partial charge in [0.05, 0.1) is 7.11 Å². The Morgan fingerprint density at radius 1 is 1.75 bits per heavy atom. The van der Waals surface area contributed by atoms with E-state index in [4.69, 9.17) is 10.5 Å². The molecule has 0 aromatic heterocycles. The highest BCUT2D eigenvalue weighted by atomic mass is 16.5. The van der Waals surface area contributed by atoms with Crippen LogP contribution in [0.4, 0.5) is 0 Å². The largest absolute Gasteiger partial charge is 0.484 e. The monoisotopic (exact) mass is 166 g/mol. The van der Waals surface area contributed by atoms with Crippen molar-refractivity contribution < 1.29 is 9.53 Å². The Morgan fingerprint density at radius 2 is 2.50 bits per heavy atom. The SMILES string of the molecule is COC1=NC=CC(C(N)=O)=CC1. The molecule has 0 spiro atoms. The van der Waals surface area contributed by atoms with E-state index in [1.54, 1.807) is 12.2 Å². The van der Waals surface area contributed by atoms with E-state index in [9.17, 15) is 4.79 Å². The third-order valence-electron chi connectivity index (χ3n) is 1.49. The van der Waals surface area contributed by atoms with Gasteiger partial charge in [-0.05, 0) is 6.08 Å². The molecule has 2 N–H and O–H groups in total. The van der Waals surface area contributed by atoms with E-state index in [1.807, 2.05) is 0 Å². The number of amides is 1. The maximum atomic E-state index is 10.7. The highest BCUT2D eigenvalue weighted by Gasteiger charge is 2.04. The summed E-state index contributed by atoms with van der Waals surface area (Å²) in [5.41, 5.74) is 5.54. The summed E-state index contributed by atoms with van der Waals surface area (Å²) in [6, 6.07) is 0. The summed E-state index contributed by atoms with van der Waals surface area (Å²) in [6.07, 6.45) is 5.26. The first-order chi connectivity index (χ1) is 5.74. The zero-order valence-electron chi connectivity index (χ0n) is 6.78. The lowest BCUT2D eigenvalue weighted by Gasteiger charge is -1.97. The molecule has 64 valence electrons. The summed E-state index contributed by atoms with van der Waals surface area (Å²) >= 11 is 0. The second kappa shape index (κ2) is 3.71. The van der Waals surface area contributed by atoms with Crippen LogP contribution in [0.1, 0.15) is 6.42 Å². The Balaban J connectivity index is 2.77. The van der Waals surface area contributed by atoms with Crippen LogP contribution < -0.4 is 5.73 Å². The van der Waals surface area contributed by atoms with Crippen molar-refractivity contribution in [1.29, 1.82) is 0 Å². The number of hydrogen-bond acceptors (Lipinski definition) is 3. The van der Waals surface area contributed by atoms with Crippen LogP contribution in [0.5, 0.6) is 0 Å². The lowest BCUT2D eigenvalue weighted by Crippen LogP contribution is -2.12. The molecule has 0 bridgehead atoms. The molecule has 12 heavy (non-hydrogen) atoms. The molecule has 1 rings (SSSR count). The first-order valence-corrected chi connectivity index (χ1v) is 3.51. The zero-order chi connectivity index (χ0) is 8.97. The van der Waals surface area contributed by atoms with E-state index in [-0.39, 0.29) is 0 Å². The Bertz CT molecular complexity index is 277. The Morgan fingerprint density at radius 3 is 3.08 bits per heavy atom. The summed E-state index contributed by atoms with van der Waals surface area (Å²) in [7, 11) is 1.54. The number of nitrogens with two attached hydrogens (primary N) is 1. The van der Waals surface area contributed by atoms with Crippen molar-refractivity contribution >= 4 is 11.8 Å². The number of carbonyl (C=O) groups excluding carboxylic acids is 1. The molecule has 0 fully saturated rings. The molecule has 1 amide bonds. The van der Waals surface area contributed by atoms with Gasteiger partial charge in [0.25, 0.3) is 0 Å². The van der Waals surface area contributed by atoms with Crippen LogP contribution in [0.25, 0.3) is 0 Å². The molecule has 1 aliphatic rings. The Hall–Kier alpha value is -1.58. The van der Waals surface area contributed by atoms with Crippen molar-refractivity contribution in [3.8, 4) is 0 Å². The van der Waals surface area contributed by atoms with Gasteiger partial charge >= 0.3 is 0 Å². The molecule has 0 aromatic rings. The van der Waals surface area contributed by atoms with Gasteiger partial charge in [0, 0.05) is 18.2 Å². The lowest BCUT2D eigenvalue weighted by atomic mass is 10.2. The fourth-order valence-corrected chi connectivity index (χ4v) is 0.837. The molecule has 4 heteroatoms. The van der Waals surface area contributed by atoms with Gasteiger partial charge in [0.1, 0.15) is 0 Å². The van der Waals surface area contributed by atoms with Crippen molar-refractivity contribution in [2.45, 2.75) is 6.42 Å². The second-order valence-corrected chi connectivity index (χ2v) is 2.27. The molecular weight excluding hydrogens is 156 g/mol. The van der Waals surface area contributed by atoms with E-state index < -0.39 is 5.91 Å². The quantitative estimate of drug-likeness (QED) is 0.611. The van der Waals surface area contributed by atoms with Gasteiger partial charge in [0.15, 0.2) is 5.90 Å². The summed E-state index contributed by atoms with van der Waals surface area (Å²) < 4.78 is 4.90. The predicted molar refractivity (Wildman–Crippen MR) is 45.5 cm³/mol. The number of aliphatic imine (C=N–C) groups is 1. The smallest absolute Gasteiger partial charge is 0.248 e. The number of primary amides is 1. The average molecular weight is 166 g/mol. The van der Waals surface area contributed by atoms with Crippen LogP contribution in [0.2, 0.25) is 0 Å². The number of hydrogen-bond donors (Lipinski definition) is 1. The molecule has 0 unspecified atom stereocenters. The number of rotatable bonds is 1. The molecule has 4 nitrogen and oxygen atoms in total. The maximum Gasteiger partial charge on any atom is 0.248 e. The molecular formula is C8H10N2O2. The van der Waals surface area contributed by atoms with Crippen molar-refractivity contribution in [2.24, 2.45) is 10.7 Å². The molecule has 0 aliphatic carbocycles. The minimum Gasteiger partial charge on any atom is -0.484 e. The Kier molecular flexibility index (Phi) is 2.63. The molecule has 0 radical (unpaired) electrons. The fourth-order valence-electron chi connectivity index (χ4n) is 0.837. The van der Waals surface area contributed by atoms with Crippen LogP contribution in [0.3, 0.4) is 0 Å². The first-order valence-electron chi connectivity index (χ1n) is 3.51. The summed E-state index contributed by atoms with van der Waals surface area (Å²) in [5, 5.41) is 0. The van der Waals surface area contributed by atoms with Gasteiger partial charge in [-0.15, -0.1) is 0 Å². The number of methoxy groups -OCH3 is 1. The van der Waals surface area contributed by atoms with Crippen molar-refractivity contribution in [3.63, 3.8) is 0 Å². The second-order valence-electron chi connectivity index (χ2n) is 2.27. The minimum absolute atomic E-state index is 0.446. The Labute approximate surface area is 70.4 Å². The first kappa shape index (κ1) is 8.52. The van der Waals surface area contributed by atoms with Crippen LogP contribution in [-0.4, -0.2) is 18.9 Å². The van der Waals surface area contributed by atoms with Gasteiger partial charge in [-0.1, -0.05) is 6.08 Å². The van der Waals surface area contributed by atoms with Gasteiger partial charge in [0.2, 0.25) is 5.91 Å². The normalized spacial score (nSPS) is 16.1. The molecule has 1 heterocycles. The van der Waals surface area contributed by atoms with E-state index in [0.29, 0.717) is 17.9 Å². The highest BCUT2D eigenvalue weighted by molar-refractivity contribution is 5.96. The number of ether oxygens (including phenoxy) is 1. The molecule has 0 saturated heterocycles. The average Bonchev–Trinajstić information content (AvgIpc) is 2.28. The molecule has 0 aromatic carbocycles. The third kappa shape index (κ3) is 1.95. The summed E-state index contributed by atoms with van der Waals surface area (Å²) in [6.45, 7) is 0. The predicted octanol–water partition coefficient (Wildman–Crippen LogP) is 0.360. The summed E-state index contributed by atoms with van der Waals surface area (Å²) in [5.74, 6) is 0.126. The van der Waals surface area contributed by atoms with Crippen LogP contribution in [-0.2, 0) is 9.53 Å². The van der Waals surface area contributed by atoms with Gasteiger partial charge < -0.3 is 10.5 Å². The fraction of sp³-hybridized carbons (Fsp3) is 0.250. The molecule has 0 saturated carbocycles. The molecule has 0 atom stereocenters. The topological polar surface area (TPSA) is 64.7 Å². The number of carbonyl (C=O) groups is 1. The van der Waals surface area contributed by atoms with Crippen LogP contribution in [0, 0.1) is 0 Å². The molecule has 1 aliphatic heterocycles. The third-order valence-corrected chi connectivity index (χ3v) is 1.49.